The van der Waals surface area contributed by atoms with Crippen molar-refractivity contribution in [1.82, 2.24) is 19.7 Å². The van der Waals surface area contributed by atoms with E-state index in [0.29, 0.717) is 0 Å². The summed E-state index contributed by atoms with van der Waals surface area (Å²) in [5.74, 6) is 0.851. The Bertz CT molecular complexity index is 1290. The summed E-state index contributed by atoms with van der Waals surface area (Å²) in [7, 11) is 0. The van der Waals surface area contributed by atoms with Gasteiger partial charge in [0.1, 0.15) is 0 Å². The summed E-state index contributed by atoms with van der Waals surface area (Å²) >= 11 is 1.86. The maximum absolute atomic E-state index is 5.63. The quantitative estimate of drug-likeness (QED) is 0.433. The van der Waals surface area contributed by atoms with Crippen LogP contribution in [0.4, 0.5) is 5.69 Å². The van der Waals surface area contributed by atoms with Crippen molar-refractivity contribution >= 4 is 27.2 Å². The minimum atomic E-state index is 0.754. The molecule has 3 aromatic heterocycles. The average Bonchev–Trinajstić information content (AvgIpc) is 3.52. The number of hydrogen-bond donors (Lipinski definition) is 0. The molecule has 0 spiro atoms. The first-order valence-corrected chi connectivity index (χ1v) is 12.7. The molecule has 2 fully saturated rings. The zero-order chi connectivity index (χ0) is 22.9. The van der Waals surface area contributed by atoms with Crippen LogP contribution in [0.2, 0.25) is 0 Å². The Hall–Kier alpha value is -2.78. The summed E-state index contributed by atoms with van der Waals surface area (Å²) in [6.07, 6.45) is 2.01. The van der Waals surface area contributed by atoms with Gasteiger partial charge in [-0.05, 0) is 25.1 Å². The van der Waals surface area contributed by atoms with Gasteiger partial charge >= 0.3 is 0 Å². The Kier molecular flexibility index (Phi) is 6.05. The molecule has 0 aliphatic carbocycles. The molecule has 0 radical (unpaired) electrons. The molecule has 0 bridgehead atoms. The van der Waals surface area contributed by atoms with Gasteiger partial charge in [-0.1, -0.05) is 23.8 Å². The van der Waals surface area contributed by atoms with E-state index in [2.05, 4.69) is 59.2 Å². The van der Waals surface area contributed by atoms with Crippen molar-refractivity contribution < 1.29 is 9.47 Å². The molecule has 0 atom stereocenters. The van der Waals surface area contributed by atoms with Crippen LogP contribution in [0.1, 0.15) is 10.4 Å². The van der Waals surface area contributed by atoms with Gasteiger partial charge in [-0.2, -0.15) is 5.10 Å². The summed E-state index contributed by atoms with van der Waals surface area (Å²) in [6.45, 7) is 9.94. The Labute approximate surface area is 203 Å². The molecule has 1 aromatic carbocycles. The number of ether oxygens (including phenoxy) is 2. The van der Waals surface area contributed by atoms with Gasteiger partial charge in [0.25, 0.3) is 0 Å². The molecule has 7 nitrogen and oxygen atoms in total. The number of pyridine rings is 1. The van der Waals surface area contributed by atoms with Gasteiger partial charge in [-0.15, -0.1) is 11.3 Å². The molecule has 0 saturated carbocycles. The fourth-order valence-electron chi connectivity index (χ4n) is 4.66. The van der Waals surface area contributed by atoms with E-state index in [0.717, 1.165) is 81.7 Å². The van der Waals surface area contributed by atoms with Crippen LogP contribution in [0.25, 0.3) is 27.3 Å². The number of hydrogen-bond acceptors (Lipinski definition) is 7. The number of thiophene rings is 1. The summed E-state index contributed by atoms with van der Waals surface area (Å²) < 4.78 is 14.3. The van der Waals surface area contributed by atoms with E-state index in [1.165, 1.54) is 20.8 Å². The highest BCUT2D eigenvalue weighted by atomic mass is 32.1. The van der Waals surface area contributed by atoms with Crippen LogP contribution in [0.15, 0.2) is 48.7 Å². The molecule has 0 N–H and O–H groups in total. The van der Waals surface area contributed by atoms with Crippen LogP contribution in [0, 0.1) is 6.92 Å². The van der Waals surface area contributed by atoms with Gasteiger partial charge < -0.3 is 14.4 Å². The second kappa shape index (κ2) is 9.46. The van der Waals surface area contributed by atoms with E-state index in [1.807, 2.05) is 22.2 Å². The zero-order valence-electron chi connectivity index (χ0n) is 19.4. The van der Waals surface area contributed by atoms with Crippen LogP contribution < -0.4 is 4.90 Å². The topological polar surface area (TPSA) is 55.7 Å². The van der Waals surface area contributed by atoms with Gasteiger partial charge in [-0.25, -0.2) is 9.67 Å². The van der Waals surface area contributed by atoms with E-state index >= 15 is 0 Å². The van der Waals surface area contributed by atoms with Crippen molar-refractivity contribution in [3.63, 3.8) is 0 Å². The van der Waals surface area contributed by atoms with E-state index in [1.54, 1.807) is 0 Å². The Balaban J connectivity index is 1.38. The maximum Gasteiger partial charge on any atom is 0.156 e. The van der Waals surface area contributed by atoms with Gasteiger partial charge in [-0.3, -0.25) is 4.90 Å². The second-order valence-corrected chi connectivity index (χ2v) is 10.1. The highest BCUT2D eigenvalue weighted by Crippen LogP contribution is 2.36. The SMILES string of the molecule is Cc1cccc(-c2ccn(-c3cc(N4CCOCC4)c4sc(CN5CCOCC5)cc4n3)n2)c1. The van der Waals surface area contributed by atoms with Gasteiger partial charge in [0.05, 0.1) is 48.0 Å². The van der Waals surface area contributed by atoms with Crippen LogP contribution in [-0.2, 0) is 16.0 Å². The minimum Gasteiger partial charge on any atom is -0.379 e. The second-order valence-electron chi connectivity index (χ2n) is 8.93. The molecule has 0 amide bonds. The number of rotatable bonds is 5. The molecule has 6 rings (SSSR count). The van der Waals surface area contributed by atoms with Gasteiger partial charge in [0.2, 0.25) is 0 Å². The Morgan fingerprint density at radius 2 is 1.74 bits per heavy atom. The normalized spacial score (nSPS) is 17.5. The number of nitrogens with zero attached hydrogens (tertiary/aromatic N) is 5. The summed E-state index contributed by atoms with van der Waals surface area (Å²) in [5.41, 5.74) is 5.58. The molecular weight excluding hydrogens is 446 g/mol. The van der Waals surface area contributed by atoms with Crippen molar-refractivity contribution in [3.8, 4) is 17.1 Å². The zero-order valence-corrected chi connectivity index (χ0v) is 20.3. The van der Waals surface area contributed by atoms with Crippen LogP contribution in [0.3, 0.4) is 0 Å². The number of benzene rings is 1. The van der Waals surface area contributed by atoms with Crippen LogP contribution >= 0.6 is 11.3 Å². The van der Waals surface area contributed by atoms with Crippen molar-refractivity contribution in [1.29, 1.82) is 0 Å². The van der Waals surface area contributed by atoms with E-state index in [4.69, 9.17) is 19.6 Å². The minimum absolute atomic E-state index is 0.754. The first-order chi connectivity index (χ1) is 16.7. The lowest BCUT2D eigenvalue weighted by molar-refractivity contribution is 0.0346. The van der Waals surface area contributed by atoms with Crippen LogP contribution in [-0.4, -0.2) is 72.3 Å². The molecule has 176 valence electrons. The third-order valence-electron chi connectivity index (χ3n) is 6.47. The third-order valence-corrected chi connectivity index (χ3v) is 7.60. The summed E-state index contributed by atoms with van der Waals surface area (Å²) in [6, 6.07) is 15.0. The summed E-state index contributed by atoms with van der Waals surface area (Å²) in [4.78, 5) is 11.3. The predicted molar refractivity (Wildman–Crippen MR) is 136 cm³/mol. The predicted octanol–water partition coefficient (Wildman–Crippen LogP) is 4.13. The number of aromatic nitrogens is 3. The highest BCUT2D eigenvalue weighted by Gasteiger charge is 2.20. The molecule has 34 heavy (non-hydrogen) atoms. The number of aryl methyl sites for hydroxylation is 1. The lowest BCUT2D eigenvalue weighted by atomic mass is 10.1. The lowest BCUT2D eigenvalue weighted by Gasteiger charge is -2.29. The molecule has 8 heteroatoms. The molecule has 5 heterocycles. The fourth-order valence-corrected chi connectivity index (χ4v) is 5.85. The largest absolute Gasteiger partial charge is 0.379 e. The van der Waals surface area contributed by atoms with Gasteiger partial charge in [0.15, 0.2) is 5.82 Å². The first-order valence-electron chi connectivity index (χ1n) is 11.9. The standard InChI is InChI=1S/C26H29N5O2S/c1-19-3-2-4-20(15-19)22-5-6-31(28-22)25-17-24(30-9-13-33-14-10-30)26-23(27-25)16-21(34-26)18-29-7-11-32-12-8-29/h2-6,15-17H,7-14,18H2,1H3. The van der Waals surface area contributed by atoms with E-state index in [-0.39, 0.29) is 0 Å². The fraction of sp³-hybridized carbons (Fsp3) is 0.385. The van der Waals surface area contributed by atoms with Crippen LogP contribution in [0.5, 0.6) is 0 Å². The molecule has 2 saturated heterocycles. The molecule has 4 aromatic rings. The first kappa shape index (κ1) is 21.7. The molecule has 2 aliphatic heterocycles. The lowest BCUT2D eigenvalue weighted by Crippen LogP contribution is -2.36. The van der Waals surface area contributed by atoms with E-state index in [9.17, 15) is 0 Å². The molecular formula is C26H29N5O2S. The number of anilines is 1. The smallest absolute Gasteiger partial charge is 0.156 e. The monoisotopic (exact) mass is 475 g/mol. The average molecular weight is 476 g/mol. The third kappa shape index (κ3) is 4.46. The van der Waals surface area contributed by atoms with Crippen molar-refractivity contribution in [2.45, 2.75) is 13.5 Å². The maximum atomic E-state index is 5.63. The molecule has 0 unspecified atom stereocenters. The Morgan fingerprint density at radius 1 is 0.941 bits per heavy atom. The molecule has 2 aliphatic rings. The van der Waals surface area contributed by atoms with E-state index < -0.39 is 0 Å². The van der Waals surface area contributed by atoms with Crippen molar-refractivity contribution in [3.05, 3.63) is 59.1 Å². The Morgan fingerprint density at radius 3 is 2.53 bits per heavy atom. The summed E-state index contributed by atoms with van der Waals surface area (Å²) in [5, 5.41) is 4.88. The van der Waals surface area contributed by atoms with Crippen molar-refractivity contribution in [2.75, 3.05) is 57.5 Å². The number of morpholine rings is 2. The highest BCUT2D eigenvalue weighted by molar-refractivity contribution is 7.19. The number of fused-ring (bicyclic) bond motifs is 1. The van der Waals surface area contributed by atoms with Gasteiger partial charge in [0, 0.05) is 55.4 Å². The van der Waals surface area contributed by atoms with Crippen molar-refractivity contribution in [2.24, 2.45) is 0 Å².